The van der Waals surface area contributed by atoms with Crippen molar-refractivity contribution < 1.29 is 20.4 Å². The van der Waals surface area contributed by atoms with Gasteiger partial charge in [0.25, 0.3) is 0 Å². The van der Waals surface area contributed by atoms with Crippen LogP contribution in [0.15, 0.2) is 48.5 Å². The molecule has 0 aliphatic heterocycles. The summed E-state index contributed by atoms with van der Waals surface area (Å²) in [5.74, 6) is 0.588. The Morgan fingerprint density at radius 2 is 1.31 bits per heavy atom. The van der Waals surface area contributed by atoms with Crippen LogP contribution in [-0.4, -0.2) is 32.6 Å². The summed E-state index contributed by atoms with van der Waals surface area (Å²) in [5, 5.41) is 39.6. The number of benzene rings is 2. The molecule has 2 rings (SSSR count). The van der Waals surface area contributed by atoms with Gasteiger partial charge < -0.3 is 20.4 Å². The van der Waals surface area contributed by atoms with Crippen LogP contribution in [0, 0.1) is 11.8 Å². The summed E-state index contributed by atoms with van der Waals surface area (Å²) in [5.41, 5.74) is 2.00. The van der Waals surface area contributed by atoms with Crippen molar-refractivity contribution in [1.82, 2.24) is 0 Å². The molecule has 0 aromatic heterocycles. The highest BCUT2D eigenvalue weighted by atomic mass is 16.3. The molecule has 0 radical (unpaired) electrons. The Bertz CT molecular complexity index is 681. The highest BCUT2D eigenvalue weighted by Crippen LogP contribution is 2.30. The van der Waals surface area contributed by atoms with Crippen LogP contribution in [0.25, 0.3) is 0 Å². The number of aliphatic hydroxyl groups excluding tert-OH is 2. The van der Waals surface area contributed by atoms with E-state index in [-0.39, 0.29) is 23.3 Å². The Labute approximate surface area is 155 Å². The number of phenolic OH excluding ortho intramolecular Hbond substituents is 2. The topological polar surface area (TPSA) is 80.9 Å². The van der Waals surface area contributed by atoms with Gasteiger partial charge in [-0.25, -0.2) is 0 Å². The molecule has 0 saturated heterocycles. The zero-order valence-electron chi connectivity index (χ0n) is 15.5. The van der Waals surface area contributed by atoms with Gasteiger partial charge in [0.05, 0.1) is 12.2 Å². The van der Waals surface area contributed by atoms with Gasteiger partial charge in [-0.05, 0) is 86.8 Å². The summed E-state index contributed by atoms with van der Waals surface area (Å²) in [4.78, 5) is 0. The lowest BCUT2D eigenvalue weighted by molar-refractivity contribution is 0.0751. The first kappa shape index (κ1) is 20.3. The van der Waals surface area contributed by atoms with Crippen LogP contribution < -0.4 is 0 Å². The molecule has 4 heteroatoms. The summed E-state index contributed by atoms with van der Waals surface area (Å²) in [6.45, 7) is 3.57. The zero-order chi connectivity index (χ0) is 19.1. The third-order valence-electron chi connectivity index (χ3n) is 4.97. The molecule has 0 aliphatic carbocycles. The average Bonchev–Trinajstić information content (AvgIpc) is 2.56. The van der Waals surface area contributed by atoms with E-state index in [0.717, 1.165) is 24.0 Å². The summed E-state index contributed by atoms with van der Waals surface area (Å²) in [7, 11) is 0. The van der Waals surface area contributed by atoms with E-state index in [1.165, 1.54) is 0 Å². The van der Waals surface area contributed by atoms with Crippen molar-refractivity contribution in [3.8, 4) is 11.5 Å². The molecule has 0 bridgehead atoms. The van der Waals surface area contributed by atoms with E-state index in [1.807, 2.05) is 24.3 Å². The van der Waals surface area contributed by atoms with Gasteiger partial charge >= 0.3 is 0 Å². The maximum atomic E-state index is 10.4. The van der Waals surface area contributed by atoms with Crippen LogP contribution in [0.5, 0.6) is 11.5 Å². The third-order valence-corrected chi connectivity index (χ3v) is 4.97. The second-order valence-electron chi connectivity index (χ2n) is 7.34. The fraction of sp³-hybridized carbons (Fsp3) is 0.455. The third kappa shape index (κ3) is 6.36. The van der Waals surface area contributed by atoms with Crippen molar-refractivity contribution >= 4 is 0 Å². The highest BCUT2D eigenvalue weighted by molar-refractivity contribution is 5.29. The van der Waals surface area contributed by atoms with Crippen molar-refractivity contribution in [3.63, 3.8) is 0 Å². The number of hydrogen-bond donors (Lipinski definition) is 4. The predicted molar refractivity (Wildman–Crippen MR) is 103 cm³/mol. The lowest BCUT2D eigenvalue weighted by Gasteiger charge is -2.30. The van der Waals surface area contributed by atoms with Crippen LogP contribution in [0.3, 0.4) is 0 Å². The Kier molecular flexibility index (Phi) is 7.49. The minimum atomic E-state index is -0.520. The largest absolute Gasteiger partial charge is 0.508 e. The molecule has 4 nitrogen and oxygen atoms in total. The van der Waals surface area contributed by atoms with Crippen molar-refractivity contribution in [3.05, 3.63) is 59.7 Å². The molecule has 0 fully saturated rings. The molecule has 0 spiro atoms. The maximum Gasteiger partial charge on any atom is 0.115 e. The lowest BCUT2D eigenvalue weighted by atomic mass is 9.77. The van der Waals surface area contributed by atoms with Crippen LogP contribution in [0.4, 0.5) is 0 Å². The molecular formula is C22H30O4. The Morgan fingerprint density at radius 1 is 0.769 bits per heavy atom. The smallest absolute Gasteiger partial charge is 0.115 e. The van der Waals surface area contributed by atoms with E-state index in [0.29, 0.717) is 12.8 Å². The van der Waals surface area contributed by atoms with Crippen LogP contribution in [-0.2, 0) is 12.8 Å². The minimum Gasteiger partial charge on any atom is -0.508 e. The van der Waals surface area contributed by atoms with Gasteiger partial charge in [-0.15, -0.1) is 0 Å². The monoisotopic (exact) mass is 358 g/mol. The molecule has 0 aliphatic rings. The molecular weight excluding hydrogens is 328 g/mol. The van der Waals surface area contributed by atoms with Crippen molar-refractivity contribution in [2.24, 2.45) is 11.8 Å². The predicted octanol–water partition coefficient (Wildman–Crippen LogP) is 3.66. The number of hydrogen-bond acceptors (Lipinski definition) is 4. The molecule has 26 heavy (non-hydrogen) atoms. The second-order valence-corrected chi connectivity index (χ2v) is 7.34. The van der Waals surface area contributed by atoms with Gasteiger partial charge in [0, 0.05) is 0 Å². The first-order chi connectivity index (χ1) is 12.3. The SMILES string of the molecule is C[C@H](O)CC[C@@H](Cc1cccc(O)c1)[C@H](Cc1cccc(O)c1)[C@H](C)O. The maximum absolute atomic E-state index is 10.4. The minimum absolute atomic E-state index is 0.0158. The quantitative estimate of drug-likeness (QED) is 0.551. The fourth-order valence-corrected chi connectivity index (χ4v) is 3.60. The first-order valence-electron chi connectivity index (χ1n) is 9.27. The zero-order valence-corrected chi connectivity index (χ0v) is 15.5. The van der Waals surface area contributed by atoms with Gasteiger partial charge in [-0.2, -0.15) is 0 Å². The van der Waals surface area contributed by atoms with E-state index >= 15 is 0 Å². The lowest BCUT2D eigenvalue weighted by Crippen LogP contribution is -2.30. The highest BCUT2D eigenvalue weighted by Gasteiger charge is 2.27. The summed E-state index contributed by atoms with van der Waals surface area (Å²) in [6.07, 6.45) is 1.89. The van der Waals surface area contributed by atoms with Crippen LogP contribution in [0.2, 0.25) is 0 Å². The standard InChI is InChI=1S/C22H30O4/c1-15(23)9-10-19(11-17-5-3-7-20(25)12-17)22(16(2)24)14-18-6-4-8-21(26)13-18/h3-8,12-13,15-16,19,22-26H,9-11,14H2,1-2H3/t15-,16-,19-,22+/m0/s1. The Balaban J connectivity index is 2.22. The molecule has 0 heterocycles. The number of phenols is 2. The van der Waals surface area contributed by atoms with E-state index in [1.54, 1.807) is 38.1 Å². The van der Waals surface area contributed by atoms with Gasteiger partial charge in [-0.1, -0.05) is 24.3 Å². The molecule has 2 aromatic carbocycles. The Morgan fingerprint density at radius 3 is 1.77 bits per heavy atom. The molecule has 0 unspecified atom stereocenters. The summed E-state index contributed by atoms with van der Waals surface area (Å²) < 4.78 is 0. The first-order valence-corrected chi connectivity index (χ1v) is 9.27. The Hall–Kier alpha value is -2.04. The molecule has 2 aromatic rings. The summed E-state index contributed by atoms with van der Waals surface area (Å²) in [6, 6.07) is 14.3. The van der Waals surface area contributed by atoms with Gasteiger partial charge in [-0.3, -0.25) is 0 Å². The van der Waals surface area contributed by atoms with E-state index in [2.05, 4.69) is 0 Å². The fourth-order valence-electron chi connectivity index (χ4n) is 3.60. The van der Waals surface area contributed by atoms with Crippen molar-refractivity contribution in [2.75, 3.05) is 0 Å². The van der Waals surface area contributed by atoms with Gasteiger partial charge in [0.1, 0.15) is 11.5 Å². The van der Waals surface area contributed by atoms with Gasteiger partial charge in [0.2, 0.25) is 0 Å². The molecule has 0 amide bonds. The average molecular weight is 358 g/mol. The number of aliphatic hydroxyl groups is 2. The second kappa shape index (κ2) is 9.60. The molecule has 142 valence electrons. The van der Waals surface area contributed by atoms with Gasteiger partial charge in [0.15, 0.2) is 0 Å². The van der Waals surface area contributed by atoms with Crippen molar-refractivity contribution in [1.29, 1.82) is 0 Å². The number of aromatic hydroxyl groups is 2. The van der Waals surface area contributed by atoms with E-state index < -0.39 is 12.2 Å². The van der Waals surface area contributed by atoms with E-state index in [9.17, 15) is 20.4 Å². The molecule has 4 N–H and O–H groups in total. The van der Waals surface area contributed by atoms with E-state index in [4.69, 9.17) is 0 Å². The van der Waals surface area contributed by atoms with Crippen molar-refractivity contribution in [2.45, 2.75) is 51.7 Å². The normalized spacial score (nSPS) is 16.0. The number of rotatable bonds is 9. The molecule has 0 saturated carbocycles. The molecule has 4 atom stereocenters. The van der Waals surface area contributed by atoms with Crippen LogP contribution in [0.1, 0.15) is 37.8 Å². The summed E-state index contributed by atoms with van der Waals surface area (Å²) >= 11 is 0. The van der Waals surface area contributed by atoms with Crippen LogP contribution >= 0.6 is 0 Å².